The van der Waals surface area contributed by atoms with Crippen molar-refractivity contribution in [2.24, 2.45) is 11.3 Å². The number of nitrogens with zero attached hydrogens (tertiary/aromatic N) is 3. The number of nitrogens with one attached hydrogen (secondary N) is 1. The molecule has 1 saturated carbocycles. The number of anilines is 1. The highest BCUT2D eigenvalue weighted by Gasteiger charge is 2.46. The Kier molecular flexibility index (Phi) is 7.82. The number of aldehydes is 1. The van der Waals surface area contributed by atoms with Crippen LogP contribution in [0.3, 0.4) is 0 Å². The number of hydrogen-bond donors (Lipinski definition) is 2. The normalized spacial score (nSPS) is 24.7. The molecular formula is C28H37FN4O4S. The smallest absolute Gasteiger partial charge is 0.255 e. The Bertz CT molecular complexity index is 1110. The monoisotopic (exact) mass is 544 g/mol. The number of hydrogen-bond acceptors (Lipinski definition) is 7. The first kappa shape index (κ1) is 27.1. The lowest BCUT2D eigenvalue weighted by atomic mass is 9.65. The van der Waals surface area contributed by atoms with Crippen molar-refractivity contribution in [3.63, 3.8) is 0 Å². The third-order valence-electron chi connectivity index (χ3n) is 9.11. The van der Waals surface area contributed by atoms with Crippen LogP contribution >= 0.6 is 12.6 Å². The fourth-order valence-corrected chi connectivity index (χ4v) is 6.91. The van der Waals surface area contributed by atoms with Crippen molar-refractivity contribution in [2.45, 2.75) is 62.7 Å². The number of amides is 3. The molecule has 206 valence electrons. The van der Waals surface area contributed by atoms with Gasteiger partial charge in [-0.05, 0) is 76.1 Å². The van der Waals surface area contributed by atoms with E-state index in [0.717, 1.165) is 64.5 Å². The van der Waals surface area contributed by atoms with E-state index >= 15 is 4.39 Å². The maximum absolute atomic E-state index is 15.1. The fourth-order valence-electron chi connectivity index (χ4n) is 6.68. The molecule has 3 amide bonds. The van der Waals surface area contributed by atoms with Crippen molar-refractivity contribution in [3.8, 4) is 0 Å². The minimum absolute atomic E-state index is 0.0481. The second kappa shape index (κ2) is 11.0. The molecule has 0 bridgehead atoms. The Labute approximate surface area is 228 Å². The summed E-state index contributed by atoms with van der Waals surface area (Å²) in [4.78, 5) is 54.6. The van der Waals surface area contributed by atoms with E-state index in [0.29, 0.717) is 23.1 Å². The van der Waals surface area contributed by atoms with E-state index < -0.39 is 23.7 Å². The van der Waals surface area contributed by atoms with Gasteiger partial charge in [0.05, 0.1) is 11.3 Å². The molecule has 38 heavy (non-hydrogen) atoms. The van der Waals surface area contributed by atoms with Crippen LogP contribution in [0, 0.1) is 17.2 Å². The predicted molar refractivity (Wildman–Crippen MR) is 145 cm³/mol. The Morgan fingerprint density at radius 3 is 2.47 bits per heavy atom. The highest BCUT2D eigenvalue weighted by molar-refractivity contribution is 7.80. The molecule has 1 atom stereocenters. The van der Waals surface area contributed by atoms with Crippen LogP contribution < -0.4 is 10.2 Å². The van der Waals surface area contributed by atoms with Crippen molar-refractivity contribution in [1.82, 2.24) is 15.1 Å². The standard InChI is InChI=1S/C28H37FN4O4S/c1-31(23-2-3-25(35)30-26(23)36)27(37)21-13-24(22(29)12-19(21)15-34)33-16-28(17-33)8-4-18(5-9-28)14-32-10-6-20(38)7-11-32/h12-13,15,18,20,23,38H,2-11,14,16-17H2,1H3,(H,30,35,36). The fraction of sp³-hybridized carbons (Fsp3) is 0.643. The van der Waals surface area contributed by atoms with E-state index in [1.807, 2.05) is 4.90 Å². The van der Waals surface area contributed by atoms with Crippen LogP contribution in [0.1, 0.15) is 72.1 Å². The van der Waals surface area contributed by atoms with Gasteiger partial charge >= 0.3 is 0 Å². The average molecular weight is 545 g/mol. The highest BCUT2D eigenvalue weighted by Crippen LogP contribution is 2.48. The van der Waals surface area contributed by atoms with Crippen LogP contribution in [0.5, 0.6) is 0 Å². The molecule has 0 radical (unpaired) electrons. The Morgan fingerprint density at radius 1 is 1.16 bits per heavy atom. The molecule has 1 aromatic carbocycles. The lowest BCUT2D eigenvalue weighted by Gasteiger charge is -2.55. The number of halogens is 1. The van der Waals surface area contributed by atoms with Gasteiger partial charge in [0.2, 0.25) is 11.8 Å². The minimum Gasteiger partial charge on any atom is -0.368 e. The Hall–Kier alpha value is -2.46. The molecule has 1 aromatic rings. The average Bonchev–Trinajstić information content (AvgIpc) is 2.88. The maximum Gasteiger partial charge on any atom is 0.255 e. The highest BCUT2D eigenvalue weighted by atomic mass is 32.1. The number of imide groups is 1. The largest absolute Gasteiger partial charge is 0.368 e. The molecule has 8 nitrogen and oxygen atoms in total. The van der Waals surface area contributed by atoms with Crippen LogP contribution in [-0.4, -0.2) is 84.9 Å². The number of piperidine rings is 2. The lowest BCUT2D eigenvalue weighted by molar-refractivity contribution is -0.136. The van der Waals surface area contributed by atoms with Crippen molar-refractivity contribution in [1.29, 1.82) is 0 Å². The molecule has 4 fully saturated rings. The van der Waals surface area contributed by atoms with Gasteiger partial charge in [-0.3, -0.25) is 24.5 Å². The topological polar surface area (TPSA) is 90.0 Å². The van der Waals surface area contributed by atoms with Crippen molar-refractivity contribution in [2.75, 3.05) is 44.7 Å². The van der Waals surface area contributed by atoms with Crippen LogP contribution in [0.25, 0.3) is 0 Å². The number of likely N-dealkylation sites (tertiary alicyclic amines) is 1. The first-order valence-electron chi connectivity index (χ1n) is 13.7. The molecule has 0 aromatic heterocycles. The Balaban J connectivity index is 1.22. The lowest BCUT2D eigenvalue weighted by Crippen LogP contribution is -2.58. The van der Waals surface area contributed by atoms with Crippen LogP contribution in [0.15, 0.2) is 12.1 Å². The molecule has 10 heteroatoms. The van der Waals surface area contributed by atoms with E-state index in [1.165, 1.54) is 30.9 Å². The van der Waals surface area contributed by atoms with Gasteiger partial charge in [-0.25, -0.2) is 4.39 Å². The summed E-state index contributed by atoms with van der Waals surface area (Å²) in [6, 6.07) is 1.75. The van der Waals surface area contributed by atoms with Gasteiger partial charge in [-0.15, -0.1) is 0 Å². The van der Waals surface area contributed by atoms with Gasteiger partial charge in [0.1, 0.15) is 11.9 Å². The third-order valence-corrected chi connectivity index (χ3v) is 9.62. The molecule has 3 aliphatic heterocycles. The molecule has 3 heterocycles. The first-order chi connectivity index (χ1) is 18.2. The molecule has 1 aliphatic carbocycles. The number of rotatable bonds is 6. The quantitative estimate of drug-likeness (QED) is 0.325. The molecule has 3 saturated heterocycles. The van der Waals surface area contributed by atoms with E-state index in [9.17, 15) is 19.2 Å². The van der Waals surface area contributed by atoms with Crippen LogP contribution in [0.2, 0.25) is 0 Å². The third kappa shape index (κ3) is 5.47. The van der Waals surface area contributed by atoms with E-state index in [4.69, 9.17) is 0 Å². The molecule has 1 spiro atoms. The van der Waals surface area contributed by atoms with Crippen molar-refractivity contribution in [3.05, 3.63) is 29.1 Å². The zero-order valence-corrected chi connectivity index (χ0v) is 22.9. The van der Waals surface area contributed by atoms with Crippen molar-refractivity contribution < 1.29 is 23.6 Å². The second-order valence-corrected chi connectivity index (χ2v) is 12.5. The summed E-state index contributed by atoms with van der Waals surface area (Å²) in [7, 11) is 1.47. The van der Waals surface area contributed by atoms with Gasteiger partial charge in [0.15, 0.2) is 6.29 Å². The van der Waals surface area contributed by atoms with E-state index in [2.05, 4.69) is 22.8 Å². The number of carbonyl (C=O) groups is 4. The molecule has 4 aliphatic rings. The molecule has 1 N–H and O–H groups in total. The summed E-state index contributed by atoms with van der Waals surface area (Å²) in [5, 5.41) is 2.79. The van der Waals surface area contributed by atoms with Gasteiger partial charge in [0, 0.05) is 49.3 Å². The zero-order chi connectivity index (χ0) is 27.0. The number of thiol groups is 1. The van der Waals surface area contributed by atoms with Crippen LogP contribution in [0.4, 0.5) is 10.1 Å². The minimum atomic E-state index is -0.820. The summed E-state index contributed by atoms with van der Waals surface area (Å²) < 4.78 is 15.1. The maximum atomic E-state index is 15.1. The van der Waals surface area contributed by atoms with Gasteiger partial charge < -0.3 is 14.7 Å². The van der Waals surface area contributed by atoms with Gasteiger partial charge in [-0.1, -0.05) is 0 Å². The first-order valence-corrected chi connectivity index (χ1v) is 14.2. The summed E-state index contributed by atoms with van der Waals surface area (Å²) in [6.45, 7) is 4.91. The van der Waals surface area contributed by atoms with Crippen LogP contribution in [-0.2, 0) is 9.59 Å². The summed E-state index contributed by atoms with van der Waals surface area (Å²) in [6.07, 6.45) is 7.74. The van der Waals surface area contributed by atoms with E-state index in [-0.39, 0.29) is 35.3 Å². The van der Waals surface area contributed by atoms with Gasteiger partial charge in [0.25, 0.3) is 5.91 Å². The van der Waals surface area contributed by atoms with Crippen molar-refractivity contribution >= 4 is 42.3 Å². The molecule has 5 rings (SSSR count). The Morgan fingerprint density at radius 2 is 1.84 bits per heavy atom. The summed E-state index contributed by atoms with van der Waals surface area (Å²) >= 11 is 4.60. The summed E-state index contributed by atoms with van der Waals surface area (Å²) in [5.41, 5.74) is 0.516. The number of likely N-dealkylation sites (N-methyl/N-ethyl adjacent to an activating group) is 1. The second-order valence-electron chi connectivity index (χ2n) is 11.7. The number of carbonyl (C=O) groups excluding carboxylic acids is 4. The SMILES string of the molecule is CN(C(=O)c1cc(N2CC3(CCC(CN4CCC(S)CC4)CC3)C2)c(F)cc1C=O)C1CCC(=O)NC1=O. The zero-order valence-electron chi connectivity index (χ0n) is 22.0. The van der Waals surface area contributed by atoms with E-state index in [1.54, 1.807) is 0 Å². The summed E-state index contributed by atoms with van der Waals surface area (Å²) in [5.74, 6) is -1.27. The predicted octanol–water partition coefficient (Wildman–Crippen LogP) is 2.91. The molecular weight excluding hydrogens is 507 g/mol. The molecule has 1 unspecified atom stereocenters. The van der Waals surface area contributed by atoms with Gasteiger partial charge in [-0.2, -0.15) is 12.6 Å². The number of benzene rings is 1.